The molecule has 0 amide bonds. The lowest BCUT2D eigenvalue weighted by molar-refractivity contribution is 1.32. The molecule has 1 aromatic carbocycles. The number of hydrogen-bond donors (Lipinski definition) is 1. The van der Waals surface area contributed by atoms with Gasteiger partial charge in [0.1, 0.15) is 0 Å². The third kappa shape index (κ3) is 1.89. The Labute approximate surface area is 109 Å². The van der Waals surface area contributed by atoms with Crippen LogP contribution in [0.25, 0.3) is 22.2 Å². The third-order valence-corrected chi connectivity index (χ3v) is 3.09. The van der Waals surface area contributed by atoms with Gasteiger partial charge in [-0.1, -0.05) is 11.6 Å². The Hall–Kier alpha value is -2.13. The van der Waals surface area contributed by atoms with Crippen molar-refractivity contribution in [1.29, 1.82) is 0 Å². The molecule has 3 aromatic rings. The number of nitrogens with zero attached hydrogens (tertiary/aromatic N) is 2. The van der Waals surface area contributed by atoms with Crippen molar-refractivity contribution in [2.75, 3.05) is 5.73 Å². The van der Waals surface area contributed by atoms with Gasteiger partial charge in [-0.2, -0.15) is 0 Å². The van der Waals surface area contributed by atoms with Gasteiger partial charge in [-0.25, -0.2) is 4.98 Å². The number of pyridine rings is 2. The Kier molecular flexibility index (Phi) is 2.61. The molecule has 0 aliphatic heterocycles. The van der Waals surface area contributed by atoms with E-state index in [4.69, 9.17) is 17.3 Å². The SMILES string of the molecule is Nc1ccc(Cl)c(-c2ccc3cnccc3n2)c1. The van der Waals surface area contributed by atoms with Crippen molar-refractivity contribution in [3.05, 3.63) is 53.8 Å². The number of nitrogen functional groups attached to an aromatic ring is 1. The first-order valence-corrected chi connectivity index (χ1v) is 5.88. The fourth-order valence-corrected chi connectivity index (χ4v) is 2.07. The molecule has 0 spiro atoms. The van der Waals surface area contributed by atoms with E-state index in [1.807, 2.05) is 24.3 Å². The van der Waals surface area contributed by atoms with Crippen LogP contribution in [0, 0.1) is 0 Å². The van der Waals surface area contributed by atoms with Crippen molar-refractivity contribution in [3.63, 3.8) is 0 Å². The zero-order chi connectivity index (χ0) is 12.5. The Morgan fingerprint density at radius 2 is 1.94 bits per heavy atom. The second-order valence-electron chi connectivity index (χ2n) is 4.00. The molecule has 2 heterocycles. The molecule has 0 saturated carbocycles. The summed E-state index contributed by atoms with van der Waals surface area (Å²) in [5.74, 6) is 0. The van der Waals surface area contributed by atoms with Gasteiger partial charge >= 0.3 is 0 Å². The average molecular weight is 256 g/mol. The van der Waals surface area contributed by atoms with Crippen LogP contribution in [0.15, 0.2) is 48.8 Å². The molecule has 88 valence electrons. The van der Waals surface area contributed by atoms with E-state index in [0.717, 1.165) is 22.2 Å². The largest absolute Gasteiger partial charge is 0.399 e. The summed E-state index contributed by atoms with van der Waals surface area (Å²) in [4.78, 5) is 8.63. The van der Waals surface area contributed by atoms with Crippen LogP contribution in [0.2, 0.25) is 5.02 Å². The summed E-state index contributed by atoms with van der Waals surface area (Å²) in [7, 11) is 0. The van der Waals surface area contributed by atoms with E-state index in [1.54, 1.807) is 24.5 Å². The second-order valence-corrected chi connectivity index (χ2v) is 4.41. The highest BCUT2D eigenvalue weighted by atomic mass is 35.5. The zero-order valence-corrected chi connectivity index (χ0v) is 10.2. The molecular weight excluding hydrogens is 246 g/mol. The zero-order valence-electron chi connectivity index (χ0n) is 9.47. The van der Waals surface area contributed by atoms with Crippen molar-refractivity contribution < 1.29 is 0 Å². The Morgan fingerprint density at radius 3 is 2.83 bits per heavy atom. The summed E-state index contributed by atoms with van der Waals surface area (Å²) < 4.78 is 0. The predicted molar refractivity (Wildman–Crippen MR) is 74.4 cm³/mol. The van der Waals surface area contributed by atoms with Crippen molar-refractivity contribution in [3.8, 4) is 11.3 Å². The minimum Gasteiger partial charge on any atom is -0.399 e. The van der Waals surface area contributed by atoms with Crippen LogP contribution in [-0.2, 0) is 0 Å². The molecule has 3 nitrogen and oxygen atoms in total. The van der Waals surface area contributed by atoms with Gasteiger partial charge in [0, 0.05) is 29.0 Å². The van der Waals surface area contributed by atoms with E-state index in [-0.39, 0.29) is 0 Å². The van der Waals surface area contributed by atoms with Crippen LogP contribution in [0.4, 0.5) is 5.69 Å². The molecule has 18 heavy (non-hydrogen) atoms. The normalized spacial score (nSPS) is 10.7. The van der Waals surface area contributed by atoms with E-state index in [2.05, 4.69) is 9.97 Å². The van der Waals surface area contributed by atoms with Crippen molar-refractivity contribution in [2.24, 2.45) is 0 Å². The number of halogens is 1. The maximum absolute atomic E-state index is 6.17. The Morgan fingerprint density at radius 1 is 1.06 bits per heavy atom. The third-order valence-electron chi connectivity index (χ3n) is 2.76. The van der Waals surface area contributed by atoms with E-state index in [0.29, 0.717) is 10.7 Å². The summed E-state index contributed by atoms with van der Waals surface area (Å²) in [6.07, 6.45) is 3.51. The summed E-state index contributed by atoms with van der Waals surface area (Å²) in [6, 6.07) is 11.2. The maximum atomic E-state index is 6.17. The van der Waals surface area contributed by atoms with Crippen molar-refractivity contribution >= 4 is 28.2 Å². The maximum Gasteiger partial charge on any atom is 0.0740 e. The number of fused-ring (bicyclic) bond motifs is 1. The number of anilines is 1. The summed E-state index contributed by atoms with van der Waals surface area (Å²) in [6.45, 7) is 0. The van der Waals surface area contributed by atoms with Gasteiger partial charge in [-0.3, -0.25) is 4.98 Å². The van der Waals surface area contributed by atoms with Gasteiger partial charge in [-0.15, -0.1) is 0 Å². The van der Waals surface area contributed by atoms with Crippen LogP contribution in [0.1, 0.15) is 0 Å². The lowest BCUT2D eigenvalue weighted by atomic mass is 10.1. The molecule has 3 rings (SSSR count). The quantitative estimate of drug-likeness (QED) is 0.677. The number of aromatic nitrogens is 2. The molecule has 0 saturated heterocycles. The highest BCUT2D eigenvalue weighted by molar-refractivity contribution is 6.33. The first-order chi connectivity index (χ1) is 8.74. The highest BCUT2D eigenvalue weighted by Gasteiger charge is 2.06. The molecule has 0 radical (unpaired) electrons. The molecule has 0 aliphatic rings. The second kappa shape index (κ2) is 4.27. The van der Waals surface area contributed by atoms with E-state index in [9.17, 15) is 0 Å². The van der Waals surface area contributed by atoms with Gasteiger partial charge in [0.2, 0.25) is 0 Å². The first-order valence-electron chi connectivity index (χ1n) is 5.50. The summed E-state index contributed by atoms with van der Waals surface area (Å²) in [5.41, 5.74) is 9.00. The Balaban J connectivity index is 2.22. The topological polar surface area (TPSA) is 51.8 Å². The van der Waals surface area contributed by atoms with Gasteiger partial charge in [0.25, 0.3) is 0 Å². The molecular formula is C14H10ClN3. The minimum absolute atomic E-state index is 0.644. The molecule has 0 aliphatic carbocycles. The fourth-order valence-electron chi connectivity index (χ4n) is 1.85. The van der Waals surface area contributed by atoms with Gasteiger partial charge in [0.05, 0.1) is 16.2 Å². The molecule has 0 unspecified atom stereocenters. The number of hydrogen-bond acceptors (Lipinski definition) is 3. The summed E-state index contributed by atoms with van der Waals surface area (Å²) >= 11 is 6.17. The first kappa shape index (κ1) is 11.0. The van der Waals surface area contributed by atoms with Crippen LogP contribution in [-0.4, -0.2) is 9.97 Å². The number of nitrogens with two attached hydrogens (primary N) is 1. The van der Waals surface area contributed by atoms with Gasteiger partial charge < -0.3 is 5.73 Å². The molecule has 2 N–H and O–H groups in total. The molecule has 2 aromatic heterocycles. The summed E-state index contributed by atoms with van der Waals surface area (Å²) in [5, 5.41) is 1.64. The van der Waals surface area contributed by atoms with Crippen LogP contribution in [0.5, 0.6) is 0 Å². The average Bonchev–Trinajstić information content (AvgIpc) is 2.41. The van der Waals surface area contributed by atoms with E-state index >= 15 is 0 Å². The smallest absolute Gasteiger partial charge is 0.0740 e. The lowest BCUT2D eigenvalue weighted by Gasteiger charge is -2.06. The molecule has 0 fully saturated rings. The van der Waals surface area contributed by atoms with Gasteiger partial charge in [0.15, 0.2) is 0 Å². The monoisotopic (exact) mass is 255 g/mol. The molecule has 0 bridgehead atoms. The molecule has 0 atom stereocenters. The predicted octanol–water partition coefficient (Wildman–Crippen LogP) is 3.53. The number of benzene rings is 1. The van der Waals surface area contributed by atoms with Crippen molar-refractivity contribution in [1.82, 2.24) is 9.97 Å². The van der Waals surface area contributed by atoms with Gasteiger partial charge in [-0.05, 0) is 36.4 Å². The van der Waals surface area contributed by atoms with Crippen LogP contribution in [0.3, 0.4) is 0 Å². The minimum atomic E-state index is 0.644. The van der Waals surface area contributed by atoms with E-state index in [1.165, 1.54) is 0 Å². The Bertz CT molecular complexity index is 725. The van der Waals surface area contributed by atoms with Crippen molar-refractivity contribution in [2.45, 2.75) is 0 Å². The number of rotatable bonds is 1. The lowest BCUT2D eigenvalue weighted by Crippen LogP contribution is -1.90. The van der Waals surface area contributed by atoms with Crippen LogP contribution < -0.4 is 5.73 Å². The standard InChI is InChI=1S/C14H10ClN3/c15-12-3-2-10(16)7-11(12)14-4-1-9-8-17-6-5-13(9)18-14/h1-8H,16H2. The highest BCUT2D eigenvalue weighted by Crippen LogP contribution is 2.29. The van der Waals surface area contributed by atoms with E-state index < -0.39 is 0 Å². The van der Waals surface area contributed by atoms with Crippen LogP contribution >= 0.6 is 11.6 Å². The molecule has 4 heteroatoms. The fraction of sp³-hybridized carbons (Fsp3) is 0.